The molecule has 122 valence electrons. The van der Waals surface area contributed by atoms with Gasteiger partial charge in [-0.3, -0.25) is 4.79 Å². The van der Waals surface area contributed by atoms with E-state index in [2.05, 4.69) is 10.2 Å². The first-order chi connectivity index (χ1) is 10.9. The van der Waals surface area contributed by atoms with Crippen LogP contribution in [-0.2, 0) is 11.2 Å². The average molecular weight is 323 g/mol. The third kappa shape index (κ3) is 3.21. The Morgan fingerprint density at radius 1 is 1.39 bits per heavy atom. The molecule has 1 aliphatic rings. The van der Waals surface area contributed by atoms with Gasteiger partial charge < -0.3 is 14.4 Å². The largest absolute Gasteiger partial charge is 0.425 e. The van der Waals surface area contributed by atoms with Gasteiger partial charge in [0.2, 0.25) is 17.7 Å². The Morgan fingerprint density at radius 3 is 2.83 bits per heavy atom. The molecule has 1 fully saturated rings. The van der Waals surface area contributed by atoms with E-state index >= 15 is 0 Å². The summed E-state index contributed by atoms with van der Waals surface area (Å²) in [6.07, 6.45) is -0.561. The van der Waals surface area contributed by atoms with E-state index < -0.39 is 23.8 Å². The number of rotatable bonds is 3. The van der Waals surface area contributed by atoms with E-state index in [4.69, 9.17) is 4.42 Å². The van der Waals surface area contributed by atoms with Gasteiger partial charge in [-0.2, -0.15) is 0 Å². The van der Waals surface area contributed by atoms with E-state index in [1.807, 2.05) is 0 Å². The number of amides is 1. The van der Waals surface area contributed by atoms with Crippen LogP contribution in [0.3, 0.4) is 0 Å². The van der Waals surface area contributed by atoms with E-state index in [1.165, 1.54) is 11.0 Å². The molecule has 1 aromatic heterocycles. The summed E-state index contributed by atoms with van der Waals surface area (Å²) in [6, 6.07) is 2.96. The molecule has 0 aliphatic carbocycles. The van der Waals surface area contributed by atoms with E-state index in [-0.39, 0.29) is 31.2 Å². The zero-order valence-electron chi connectivity index (χ0n) is 12.4. The number of likely N-dealkylation sites (tertiary alicyclic amines) is 1. The molecule has 2 atom stereocenters. The van der Waals surface area contributed by atoms with E-state index in [0.29, 0.717) is 11.5 Å². The van der Waals surface area contributed by atoms with E-state index in [9.17, 15) is 18.7 Å². The number of aryl methyl sites for hydroxylation is 1. The topological polar surface area (TPSA) is 79.5 Å². The number of carbonyl (C=O) groups excluding carboxylic acids is 1. The average Bonchev–Trinajstić information content (AvgIpc) is 3.08. The Kier molecular flexibility index (Phi) is 4.08. The summed E-state index contributed by atoms with van der Waals surface area (Å²) in [5.74, 6) is -1.72. The fourth-order valence-corrected chi connectivity index (χ4v) is 2.76. The quantitative estimate of drug-likeness (QED) is 0.927. The maximum absolute atomic E-state index is 13.4. The molecule has 0 saturated carbocycles. The second kappa shape index (κ2) is 6.04. The highest BCUT2D eigenvalue weighted by atomic mass is 19.2. The number of β-amino-alcohol motifs (C(OH)–C–C–N with tert-alkyl or cyclic N) is 1. The van der Waals surface area contributed by atoms with Crippen molar-refractivity contribution in [3.8, 4) is 0 Å². The van der Waals surface area contributed by atoms with E-state index in [0.717, 1.165) is 12.1 Å². The summed E-state index contributed by atoms with van der Waals surface area (Å²) in [5.41, 5.74) is 0.440. The lowest BCUT2D eigenvalue weighted by Crippen LogP contribution is -2.33. The van der Waals surface area contributed by atoms with Crippen molar-refractivity contribution < 1.29 is 23.1 Å². The van der Waals surface area contributed by atoms with Gasteiger partial charge in [0.15, 0.2) is 11.6 Å². The van der Waals surface area contributed by atoms with Crippen molar-refractivity contribution in [2.45, 2.75) is 31.9 Å². The van der Waals surface area contributed by atoms with Gasteiger partial charge in [0, 0.05) is 13.5 Å². The van der Waals surface area contributed by atoms with Crippen molar-refractivity contribution in [2.24, 2.45) is 0 Å². The smallest absolute Gasteiger partial charge is 0.232 e. The van der Waals surface area contributed by atoms with Gasteiger partial charge in [-0.25, -0.2) is 8.78 Å². The summed E-state index contributed by atoms with van der Waals surface area (Å²) in [6.45, 7) is 1.74. The number of benzene rings is 1. The molecular formula is C15H15F2N3O3. The number of nitrogens with zero attached hydrogens (tertiary/aromatic N) is 3. The Labute approximate surface area is 130 Å². The number of hydrogen-bond donors (Lipinski definition) is 1. The summed E-state index contributed by atoms with van der Waals surface area (Å²) in [4.78, 5) is 13.9. The molecule has 6 nitrogen and oxygen atoms in total. The number of aliphatic hydroxyl groups excluding tert-OH is 1. The second-order valence-electron chi connectivity index (χ2n) is 5.52. The van der Waals surface area contributed by atoms with Crippen LogP contribution >= 0.6 is 0 Å². The lowest BCUT2D eigenvalue weighted by Gasteiger charge is -2.24. The van der Waals surface area contributed by atoms with Gasteiger partial charge in [-0.1, -0.05) is 6.07 Å². The number of halogens is 2. The highest BCUT2D eigenvalue weighted by molar-refractivity contribution is 5.78. The molecule has 0 radical (unpaired) electrons. The standard InChI is InChI=1S/C15H15F2N3O3/c1-8-18-19-14(23-8)6-15(22)20-7-10(21)5-13(20)9-2-3-11(16)12(17)4-9/h2-4,10,13,21H,5-7H2,1H3. The molecule has 1 saturated heterocycles. The number of aliphatic hydroxyl groups is 1. The molecule has 23 heavy (non-hydrogen) atoms. The van der Waals surface area contributed by atoms with Gasteiger partial charge in [0.1, 0.15) is 6.42 Å². The second-order valence-corrected chi connectivity index (χ2v) is 5.52. The first-order valence-electron chi connectivity index (χ1n) is 7.15. The molecule has 1 aliphatic heterocycles. The van der Waals surface area contributed by atoms with Crippen LogP contribution in [0.5, 0.6) is 0 Å². The molecule has 1 aromatic carbocycles. The maximum atomic E-state index is 13.4. The molecule has 0 spiro atoms. The minimum Gasteiger partial charge on any atom is -0.425 e. The lowest BCUT2D eigenvalue weighted by atomic mass is 10.0. The normalized spacial score (nSPS) is 21.0. The monoisotopic (exact) mass is 323 g/mol. The van der Waals surface area contributed by atoms with Gasteiger partial charge in [-0.05, 0) is 24.1 Å². The van der Waals surface area contributed by atoms with Gasteiger partial charge in [-0.15, -0.1) is 10.2 Å². The molecular weight excluding hydrogens is 308 g/mol. The van der Waals surface area contributed by atoms with Crippen molar-refractivity contribution in [3.63, 3.8) is 0 Å². The molecule has 2 heterocycles. The SMILES string of the molecule is Cc1nnc(CC(=O)N2CC(O)CC2c2ccc(F)c(F)c2)o1. The van der Waals surface area contributed by atoms with Crippen LogP contribution < -0.4 is 0 Å². The Bertz CT molecular complexity index is 735. The van der Waals surface area contributed by atoms with E-state index in [1.54, 1.807) is 6.92 Å². The number of hydrogen-bond acceptors (Lipinski definition) is 5. The predicted molar refractivity (Wildman–Crippen MR) is 74.2 cm³/mol. The first-order valence-corrected chi connectivity index (χ1v) is 7.15. The summed E-state index contributed by atoms with van der Waals surface area (Å²) in [7, 11) is 0. The van der Waals surface area contributed by atoms with Crippen LogP contribution in [0.1, 0.15) is 29.8 Å². The van der Waals surface area contributed by atoms with Crippen molar-refractivity contribution in [1.82, 2.24) is 15.1 Å². The zero-order valence-corrected chi connectivity index (χ0v) is 12.4. The Balaban J connectivity index is 1.81. The van der Waals surface area contributed by atoms with Crippen LogP contribution in [0.15, 0.2) is 22.6 Å². The third-order valence-electron chi connectivity index (χ3n) is 3.80. The van der Waals surface area contributed by atoms with Crippen LogP contribution in [-0.4, -0.2) is 38.8 Å². The van der Waals surface area contributed by atoms with Crippen molar-refractivity contribution in [3.05, 3.63) is 47.2 Å². The van der Waals surface area contributed by atoms with Crippen LogP contribution in [0, 0.1) is 18.6 Å². The fourth-order valence-electron chi connectivity index (χ4n) is 2.76. The molecule has 2 aromatic rings. The Morgan fingerprint density at radius 2 is 2.17 bits per heavy atom. The molecule has 0 bridgehead atoms. The minimum atomic E-state index is -0.983. The van der Waals surface area contributed by atoms with Crippen molar-refractivity contribution in [1.29, 1.82) is 0 Å². The van der Waals surface area contributed by atoms with Crippen LogP contribution in [0.25, 0.3) is 0 Å². The van der Waals surface area contributed by atoms with Crippen LogP contribution in [0.2, 0.25) is 0 Å². The minimum absolute atomic E-state index is 0.103. The third-order valence-corrected chi connectivity index (χ3v) is 3.80. The number of aromatic nitrogens is 2. The highest BCUT2D eigenvalue weighted by Gasteiger charge is 2.36. The highest BCUT2D eigenvalue weighted by Crippen LogP contribution is 2.33. The molecule has 2 unspecified atom stereocenters. The molecule has 8 heteroatoms. The lowest BCUT2D eigenvalue weighted by molar-refractivity contribution is -0.132. The maximum Gasteiger partial charge on any atom is 0.232 e. The molecule has 1 amide bonds. The van der Waals surface area contributed by atoms with Gasteiger partial charge in [0.05, 0.1) is 12.1 Å². The van der Waals surface area contributed by atoms with Crippen molar-refractivity contribution >= 4 is 5.91 Å². The Hall–Kier alpha value is -2.35. The van der Waals surface area contributed by atoms with Crippen LogP contribution in [0.4, 0.5) is 8.78 Å². The summed E-state index contributed by atoms with van der Waals surface area (Å²) in [5, 5.41) is 17.3. The summed E-state index contributed by atoms with van der Waals surface area (Å²) < 4.78 is 31.7. The summed E-state index contributed by atoms with van der Waals surface area (Å²) >= 11 is 0. The van der Waals surface area contributed by atoms with Gasteiger partial charge >= 0.3 is 0 Å². The molecule has 3 rings (SSSR count). The zero-order chi connectivity index (χ0) is 16.6. The fraction of sp³-hybridized carbons (Fsp3) is 0.400. The van der Waals surface area contributed by atoms with Crippen molar-refractivity contribution in [2.75, 3.05) is 6.54 Å². The number of carbonyl (C=O) groups is 1. The molecule has 1 N–H and O–H groups in total. The first kappa shape index (κ1) is 15.5. The van der Waals surface area contributed by atoms with Gasteiger partial charge in [0.25, 0.3) is 0 Å². The predicted octanol–water partition coefficient (Wildman–Crippen LogP) is 1.53.